The largest absolute Gasteiger partial charge is 0.493 e. The summed E-state index contributed by atoms with van der Waals surface area (Å²) >= 11 is 3.60. The quantitative estimate of drug-likeness (QED) is 0.893. The second-order valence-electron chi connectivity index (χ2n) is 5.94. The molecule has 2 aliphatic heterocycles. The molecule has 110 valence electrons. The molecule has 20 heavy (non-hydrogen) atoms. The minimum atomic E-state index is 0.518. The summed E-state index contributed by atoms with van der Waals surface area (Å²) in [6.45, 7) is 7.66. The van der Waals surface area contributed by atoms with Gasteiger partial charge in [-0.3, -0.25) is 0 Å². The molecule has 2 heterocycles. The number of halogens is 1. The van der Waals surface area contributed by atoms with Crippen LogP contribution in [0, 0.1) is 0 Å². The average molecular weight is 339 g/mol. The van der Waals surface area contributed by atoms with E-state index in [0.29, 0.717) is 6.04 Å². The van der Waals surface area contributed by atoms with Gasteiger partial charge in [-0.25, -0.2) is 0 Å². The summed E-state index contributed by atoms with van der Waals surface area (Å²) in [5.74, 6) is 1.11. The molecule has 0 aliphatic carbocycles. The Balaban J connectivity index is 1.58. The lowest BCUT2D eigenvalue weighted by Gasteiger charge is -2.21. The van der Waals surface area contributed by atoms with Crippen LogP contribution in [0.25, 0.3) is 0 Å². The van der Waals surface area contributed by atoms with Crippen molar-refractivity contribution in [3.05, 3.63) is 27.7 Å². The van der Waals surface area contributed by atoms with Crippen molar-refractivity contribution >= 4 is 15.9 Å². The summed E-state index contributed by atoms with van der Waals surface area (Å²) < 4.78 is 6.94. The van der Waals surface area contributed by atoms with E-state index in [-0.39, 0.29) is 0 Å². The molecule has 1 aromatic carbocycles. The zero-order valence-corrected chi connectivity index (χ0v) is 13.7. The van der Waals surface area contributed by atoms with Gasteiger partial charge in [0.05, 0.1) is 6.61 Å². The van der Waals surface area contributed by atoms with E-state index in [9.17, 15) is 0 Å². The first-order valence-corrected chi connectivity index (χ1v) is 8.41. The zero-order chi connectivity index (χ0) is 13.9. The molecule has 1 saturated heterocycles. The molecule has 1 unspecified atom stereocenters. The van der Waals surface area contributed by atoms with Crippen molar-refractivity contribution in [1.29, 1.82) is 0 Å². The van der Waals surface area contributed by atoms with Crippen LogP contribution >= 0.6 is 15.9 Å². The standard InChI is InChI=1S/C16H23BrN2O/c1-12(11-19-5-2-3-6-19)18-10-14-9-15(17)8-13-4-7-20-16(13)14/h8-9,12,18H,2-7,10-11H2,1H3. The van der Waals surface area contributed by atoms with Crippen molar-refractivity contribution < 1.29 is 4.74 Å². The van der Waals surface area contributed by atoms with Crippen molar-refractivity contribution in [2.75, 3.05) is 26.2 Å². The number of ether oxygens (including phenoxy) is 1. The molecule has 1 N–H and O–H groups in total. The van der Waals surface area contributed by atoms with E-state index in [1.54, 1.807) is 0 Å². The minimum Gasteiger partial charge on any atom is -0.493 e. The van der Waals surface area contributed by atoms with Gasteiger partial charge in [0.25, 0.3) is 0 Å². The maximum absolute atomic E-state index is 5.78. The SMILES string of the molecule is CC(CN1CCCC1)NCc1cc(Br)cc2c1OCC2. The molecule has 4 heteroatoms. The Morgan fingerprint density at radius 3 is 2.95 bits per heavy atom. The van der Waals surface area contributed by atoms with Crippen LogP contribution in [0.3, 0.4) is 0 Å². The van der Waals surface area contributed by atoms with Gasteiger partial charge >= 0.3 is 0 Å². The lowest BCUT2D eigenvalue weighted by Crippen LogP contribution is -2.37. The van der Waals surface area contributed by atoms with Gasteiger partial charge in [-0.1, -0.05) is 15.9 Å². The fraction of sp³-hybridized carbons (Fsp3) is 0.625. The molecule has 0 amide bonds. The highest BCUT2D eigenvalue weighted by Crippen LogP contribution is 2.32. The van der Waals surface area contributed by atoms with Gasteiger partial charge in [0.2, 0.25) is 0 Å². The lowest BCUT2D eigenvalue weighted by atomic mass is 10.1. The minimum absolute atomic E-state index is 0.518. The average Bonchev–Trinajstić information content (AvgIpc) is 3.06. The Kier molecular flexibility index (Phi) is 4.64. The monoisotopic (exact) mass is 338 g/mol. The first kappa shape index (κ1) is 14.4. The fourth-order valence-electron chi connectivity index (χ4n) is 3.18. The molecular formula is C16H23BrN2O. The van der Waals surface area contributed by atoms with Crippen LogP contribution in [0.1, 0.15) is 30.9 Å². The molecule has 2 aliphatic rings. The second kappa shape index (κ2) is 6.46. The summed E-state index contributed by atoms with van der Waals surface area (Å²) in [6.07, 6.45) is 3.75. The van der Waals surface area contributed by atoms with E-state index in [2.05, 4.69) is 45.2 Å². The highest BCUT2D eigenvalue weighted by molar-refractivity contribution is 9.10. The molecular weight excluding hydrogens is 316 g/mol. The van der Waals surface area contributed by atoms with Crippen molar-refractivity contribution in [1.82, 2.24) is 10.2 Å². The second-order valence-corrected chi connectivity index (χ2v) is 6.86. The lowest BCUT2D eigenvalue weighted by molar-refractivity contribution is 0.297. The molecule has 3 rings (SSSR count). The van der Waals surface area contributed by atoms with E-state index in [0.717, 1.165) is 36.3 Å². The number of nitrogens with zero attached hydrogens (tertiary/aromatic N) is 1. The summed E-state index contributed by atoms with van der Waals surface area (Å²) in [5, 5.41) is 3.64. The van der Waals surface area contributed by atoms with Crippen LogP contribution in [0.5, 0.6) is 5.75 Å². The molecule has 0 bridgehead atoms. The first-order valence-electron chi connectivity index (χ1n) is 7.62. The van der Waals surface area contributed by atoms with E-state index in [4.69, 9.17) is 4.74 Å². The number of likely N-dealkylation sites (tertiary alicyclic amines) is 1. The van der Waals surface area contributed by atoms with Gasteiger partial charge < -0.3 is 15.0 Å². The number of fused-ring (bicyclic) bond motifs is 1. The molecule has 0 aromatic heterocycles. The number of rotatable bonds is 5. The molecule has 1 atom stereocenters. The van der Waals surface area contributed by atoms with Crippen LogP contribution in [0.2, 0.25) is 0 Å². The van der Waals surface area contributed by atoms with Crippen LogP contribution in [-0.2, 0) is 13.0 Å². The van der Waals surface area contributed by atoms with E-state index < -0.39 is 0 Å². The topological polar surface area (TPSA) is 24.5 Å². The predicted molar refractivity (Wildman–Crippen MR) is 85.3 cm³/mol. The highest BCUT2D eigenvalue weighted by atomic mass is 79.9. The van der Waals surface area contributed by atoms with Gasteiger partial charge in [0.15, 0.2) is 0 Å². The van der Waals surface area contributed by atoms with Gasteiger partial charge in [0.1, 0.15) is 5.75 Å². The van der Waals surface area contributed by atoms with Gasteiger partial charge in [-0.05, 0) is 50.6 Å². The number of nitrogens with one attached hydrogen (secondary N) is 1. The summed E-state index contributed by atoms with van der Waals surface area (Å²) in [6, 6.07) is 4.88. The normalized spacial score (nSPS) is 19.9. The maximum Gasteiger partial charge on any atom is 0.127 e. The molecule has 0 saturated carbocycles. The smallest absolute Gasteiger partial charge is 0.127 e. The third kappa shape index (κ3) is 3.35. The Hall–Kier alpha value is -0.580. The molecule has 0 radical (unpaired) electrons. The summed E-state index contributed by atoms with van der Waals surface area (Å²) in [7, 11) is 0. The van der Waals surface area contributed by atoms with Crippen molar-refractivity contribution in [3.63, 3.8) is 0 Å². The Morgan fingerprint density at radius 1 is 1.35 bits per heavy atom. The van der Waals surface area contributed by atoms with Gasteiger partial charge in [0, 0.05) is 35.6 Å². The molecule has 0 spiro atoms. The van der Waals surface area contributed by atoms with Gasteiger partial charge in [-0.15, -0.1) is 0 Å². The maximum atomic E-state index is 5.78. The third-order valence-corrected chi connectivity index (χ3v) is 4.65. The Morgan fingerprint density at radius 2 is 2.15 bits per heavy atom. The predicted octanol–water partition coefficient (Wildman–Crippen LogP) is 2.96. The molecule has 1 aromatic rings. The summed E-state index contributed by atoms with van der Waals surface area (Å²) in [4.78, 5) is 2.56. The fourth-order valence-corrected chi connectivity index (χ4v) is 3.73. The first-order chi connectivity index (χ1) is 9.72. The van der Waals surface area contributed by atoms with Crippen molar-refractivity contribution in [3.8, 4) is 5.75 Å². The highest BCUT2D eigenvalue weighted by Gasteiger charge is 2.18. The number of hydrogen-bond donors (Lipinski definition) is 1. The Labute approximate surface area is 129 Å². The number of benzene rings is 1. The van der Waals surface area contributed by atoms with Crippen LogP contribution in [-0.4, -0.2) is 37.2 Å². The van der Waals surface area contributed by atoms with Gasteiger partial charge in [-0.2, -0.15) is 0 Å². The van der Waals surface area contributed by atoms with E-state index in [1.807, 2.05) is 0 Å². The molecule has 3 nitrogen and oxygen atoms in total. The van der Waals surface area contributed by atoms with Crippen LogP contribution in [0.4, 0.5) is 0 Å². The van der Waals surface area contributed by atoms with Crippen LogP contribution < -0.4 is 10.1 Å². The van der Waals surface area contributed by atoms with Crippen molar-refractivity contribution in [2.24, 2.45) is 0 Å². The van der Waals surface area contributed by atoms with E-state index >= 15 is 0 Å². The number of hydrogen-bond acceptors (Lipinski definition) is 3. The molecule has 1 fully saturated rings. The van der Waals surface area contributed by atoms with Crippen LogP contribution in [0.15, 0.2) is 16.6 Å². The summed E-state index contributed by atoms with van der Waals surface area (Å²) in [5.41, 5.74) is 2.61. The van der Waals surface area contributed by atoms with Crippen molar-refractivity contribution in [2.45, 2.75) is 38.8 Å². The van der Waals surface area contributed by atoms with E-state index in [1.165, 1.54) is 37.1 Å². The zero-order valence-electron chi connectivity index (χ0n) is 12.1. The third-order valence-electron chi connectivity index (χ3n) is 4.20. The Bertz CT molecular complexity index is 472.